The summed E-state index contributed by atoms with van der Waals surface area (Å²) < 4.78 is 4.95. The molecule has 0 fully saturated rings. The summed E-state index contributed by atoms with van der Waals surface area (Å²) in [5.41, 5.74) is 0.356. The molecule has 0 spiro atoms. The largest absolute Gasteiger partial charge is 0.507 e. The van der Waals surface area contributed by atoms with E-state index in [2.05, 4.69) is 0 Å². The van der Waals surface area contributed by atoms with Crippen LogP contribution in [0.3, 0.4) is 0 Å². The van der Waals surface area contributed by atoms with Gasteiger partial charge in [0.05, 0.1) is 7.11 Å². The summed E-state index contributed by atoms with van der Waals surface area (Å²) >= 11 is 0. The fourth-order valence-corrected chi connectivity index (χ4v) is 1.29. The minimum Gasteiger partial charge on any atom is -0.507 e. The Hall–Kier alpha value is -1.75. The highest BCUT2D eigenvalue weighted by atomic mass is 16.5. The summed E-state index contributed by atoms with van der Waals surface area (Å²) in [6.07, 6.45) is 0.281. The highest BCUT2D eigenvalue weighted by Crippen LogP contribution is 2.28. The number of aliphatic hydroxyl groups is 1. The Morgan fingerprint density at radius 3 is 2.60 bits per heavy atom. The van der Waals surface area contributed by atoms with Crippen molar-refractivity contribution in [3.05, 3.63) is 23.3 Å². The Kier molecular flexibility index (Phi) is 3.51. The normalized spacial score (nSPS) is 10.0. The number of carbonyl (C=O) groups is 1. The summed E-state index contributed by atoms with van der Waals surface area (Å²) in [6.45, 7) is -0.111. The van der Waals surface area contributed by atoms with Crippen LogP contribution in [0, 0.1) is 0 Å². The summed E-state index contributed by atoms with van der Waals surface area (Å²) in [6, 6.07) is 2.53. The molecule has 82 valence electrons. The van der Waals surface area contributed by atoms with Gasteiger partial charge in [0.25, 0.3) is 0 Å². The third-order valence-electron chi connectivity index (χ3n) is 2.01. The molecule has 5 heteroatoms. The lowest BCUT2D eigenvalue weighted by Crippen LogP contribution is -2.02. The van der Waals surface area contributed by atoms with Crippen molar-refractivity contribution in [2.45, 2.75) is 6.42 Å². The zero-order valence-corrected chi connectivity index (χ0v) is 8.23. The van der Waals surface area contributed by atoms with Crippen LogP contribution >= 0.6 is 0 Å². The Bertz CT molecular complexity index is 372. The SMILES string of the molecule is COc1cc(O)c(C(=O)O)cc1CCO. The van der Waals surface area contributed by atoms with Crippen LogP contribution in [0.1, 0.15) is 15.9 Å². The third-order valence-corrected chi connectivity index (χ3v) is 2.01. The maximum atomic E-state index is 10.7. The summed E-state index contributed by atoms with van der Waals surface area (Å²) in [5, 5.41) is 26.9. The van der Waals surface area contributed by atoms with Crippen LogP contribution in [0.5, 0.6) is 11.5 Å². The van der Waals surface area contributed by atoms with Gasteiger partial charge in [-0.25, -0.2) is 4.79 Å². The first kappa shape index (κ1) is 11.3. The van der Waals surface area contributed by atoms with Gasteiger partial charge in [-0.15, -0.1) is 0 Å². The molecule has 0 aliphatic carbocycles. The van der Waals surface area contributed by atoms with Gasteiger partial charge in [-0.05, 0) is 18.1 Å². The Morgan fingerprint density at radius 2 is 2.13 bits per heavy atom. The molecule has 1 aromatic rings. The van der Waals surface area contributed by atoms with Crippen molar-refractivity contribution in [1.29, 1.82) is 0 Å². The van der Waals surface area contributed by atoms with Crippen LogP contribution in [0.2, 0.25) is 0 Å². The average molecular weight is 212 g/mol. The smallest absolute Gasteiger partial charge is 0.339 e. The molecule has 0 unspecified atom stereocenters. The van der Waals surface area contributed by atoms with Gasteiger partial charge in [-0.2, -0.15) is 0 Å². The van der Waals surface area contributed by atoms with Crippen LogP contribution in [0.25, 0.3) is 0 Å². The minimum absolute atomic E-state index is 0.111. The van der Waals surface area contributed by atoms with Crippen molar-refractivity contribution < 1.29 is 24.9 Å². The van der Waals surface area contributed by atoms with E-state index < -0.39 is 5.97 Å². The van der Waals surface area contributed by atoms with Crippen LogP contribution in [-0.4, -0.2) is 35.0 Å². The number of aromatic hydroxyl groups is 1. The number of phenols is 1. The molecule has 0 heterocycles. The number of carboxylic acid groups (broad SMARTS) is 1. The molecule has 0 atom stereocenters. The van der Waals surface area contributed by atoms with Crippen molar-refractivity contribution in [3.8, 4) is 11.5 Å². The zero-order chi connectivity index (χ0) is 11.4. The molecular formula is C10H12O5. The van der Waals surface area contributed by atoms with E-state index >= 15 is 0 Å². The molecule has 0 aliphatic heterocycles. The number of carboxylic acids is 1. The first-order chi connectivity index (χ1) is 7.10. The van der Waals surface area contributed by atoms with Crippen LogP contribution < -0.4 is 4.74 Å². The topological polar surface area (TPSA) is 87.0 Å². The number of ether oxygens (including phenoxy) is 1. The second-order valence-corrected chi connectivity index (χ2v) is 2.96. The summed E-state index contributed by atoms with van der Waals surface area (Å²) in [4.78, 5) is 10.7. The second-order valence-electron chi connectivity index (χ2n) is 2.96. The molecule has 15 heavy (non-hydrogen) atoms. The number of rotatable bonds is 4. The Balaban J connectivity index is 3.23. The number of aliphatic hydroxyl groups excluding tert-OH is 1. The molecule has 0 aromatic heterocycles. The lowest BCUT2D eigenvalue weighted by Gasteiger charge is -2.09. The molecule has 5 nitrogen and oxygen atoms in total. The number of aromatic carboxylic acids is 1. The van der Waals surface area contributed by atoms with Gasteiger partial charge < -0.3 is 20.1 Å². The first-order valence-corrected chi connectivity index (χ1v) is 4.34. The van der Waals surface area contributed by atoms with Crippen molar-refractivity contribution in [3.63, 3.8) is 0 Å². The van der Waals surface area contributed by atoms with Gasteiger partial charge in [-0.3, -0.25) is 0 Å². The van der Waals surface area contributed by atoms with Crippen molar-refractivity contribution in [1.82, 2.24) is 0 Å². The van der Waals surface area contributed by atoms with Gasteiger partial charge in [-0.1, -0.05) is 0 Å². The van der Waals surface area contributed by atoms with E-state index in [9.17, 15) is 9.90 Å². The molecule has 3 N–H and O–H groups in total. The van der Waals surface area contributed by atoms with Crippen LogP contribution in [0.15, 0.2) is 12.1 Å². The number of hydrogen-bond acceptors (Lipinski definition) is 4. The molecule has 1 rings (SSSR count). The van der Waals surface area contributed by atoms with Crippen LogP contribution in [0.4, 0.5) is 0 Å². The quantitative estimate of drug-likeness (QED) is 0.681. The minimum atomic E-state index is -1.21. The lowest BCUT2D eigenvalue weighted by molar-refractivity contribution is 0.0693. The van der Waals surface area contributed by atoms with E-state index in [4.69, 9.17) is 14.9 Å². The zero-order valence-electron chi connectivity index (χ0n) is 8.23. The van der Waals surface area contributed by atoms with E-state index in [1.807, 2.05) is 0 Å². The van der Waals surface area contributed by atoms with Gasteiger partial charge >= 0.3 is 5.97 Å². The summed E-state index contributed by atoms with van der Waals surface area (Å²) in [7, 11) is 1.41. The number of benzene rings is 1. The standard InChI is InChI=1S/C10H12O5/c1-15-9-5-8(12)7(10(13)14)4-6(9)2-3-11/h4-5,11-12H,2-3H2,1H3,(H,13,14). The van der Waals surface area contributed by atoms with Gasteiger partial charge in [0.15, 0.2) is 0 Å². The molecule has 0 bridgehead atoms. The van der Waals surface area contributed by atoms with Crippen molar-refractivity contribution >= 4 is 5.97 Å². The molecule has 1 aromatic carbocycles. The van der Waals surface area contributed by atoms with E-state index in [0.717, 1.165) is 0 Å². The fraction of sp³-hybridized carbons (Fsp3) is 0.300. The monoisotopic (exact) mass is 212 g/mol. The third kappa shape index (κ3) is 2.38. The Morgan fingerprint density at radius 1 is 1.47 bits per heavy atom. The first-order valence-electron chi connectivity index (χ1n) is 4.34. The molecule has 0 radical (unpaired) electrons. The van der Waals surface area contributed by atoms with Crippen LogP contribution in [-0.2, 0) is 6.42 Å². The molecule has 0 saturated heterocycles. The number of hydrogen-bond donors (Lipinski definition) is 3. The Labute approximate surface area is 86.5 Å². The van der Waals surface area contributed by atoms with E-state index in [1.165, 1.54) is 19.2 Å². The van der Waals surface area contributed by atoms with Gasteiger partial charge in [0, 0.05) is 12.7 Å². The molecular weight excluding hydrogens is 200 g/mol. The maximum Gasteiger partial charge on any atom is 0.339 e. The van der Waals surface area contributed by atoms with Crippen molar-refractivity contribution in [2.24, 2.45) is 0 Å². The molecule has 0 aliphatic rings. The van der Waals surface area contributed by atoms with Gasteiger partial charge in [0.1, 0.15) is 17.1 Å². The number of methoxy groups -OCH3 is 1. The lowest BCUT2D eigenvalue weighted by atomic mass is 10.1. The molecule has 0 saturated carbocycles. The van der Waals surface area contributed by atoms with Gasteiger partial charge in [0.2, 0.25) is 0 Å². The van der Waals surface area contributed by atoms with E-state index in [1.54, 1.807) is 0 Å². The highest BCUT2D eigenvalue weighted by Gasteiger charge is 2.14. The maximum absolute atomic E-state index is 10.7. The average Bonchev–Trinajstić information content (AvgIpc) is 2.20. The van der Waals surface area contributed by atoms with Crippen molar-refractivity contribution in [2.75, 3.05) is 13.7 Å². The second kappa shape index (κ2) is 4.65. The highest BCUT2D eigenvalue weighted by molar-refractivity contribution is 5.91. The predicted molar refractivity (Wildman–Crippen MR) is 52.4 cm³/mol. The fourth-order valence-electron chi connectivity index (χ4n) is 1.29. The molecule has 0 amide bonds. The van der Waals surface area contributed by atoms with E-state index in [-0.39, 0.29) is 24.3 Å². The van der Waals surface area contributed by atoms with E-state index in [0.29, 0.717) is 11.3 Å². The summed E-state index contributed by atoms with van der Waals surface area (Å²) in [5.74, 6) is -1.19. The predicted octanol–water partition coefficient (Wildman–Crippen LogP) is 0.634.